The van der Waals surface area contributed by atoms with Crippen LogP contribution in [0.1, 0.15) is 18.4 Å². The summed E-state index contributed by atoms with van der Waals surface area (Å²) in [6.45, 7) is 2.79. The van der Waals surface area contributed by atoms with Crippen molar-refractivity contribution in [1.82, 2.24) is 14.4 Å². The zero-order chi connectivity index (χ0) is 14.6. The zero-order valence-electron chi connectivity index (χ0n) is 12.1. The van der Waals surface area contributed by atoms with E-state index in [0.29, 0.717) is 26.1 Å². The summed E-state index contributed by atoms with van der Waals surface area (Å²) in [5.41, 5.74) is 0.393. The van der Waals surface area contributed by atoms with Crippen LogP contribution >= 0.6 is 0 Å². The molecule has 1 amide bonds. The lowest BCUT2D eigenvalue weighted by Gasteiger charge is -2.31. The molecule has 0 radical (unpaired) electrons. The number of pyridine rings is 1. The van der Waals surface area contributed by atoms with Gasteiger partial charge in [-0.25, -0.2) is 0 Å². The van der Waals surface area contributed by atoms with Gasteiger partial charge in [0.1, 0.15) is 0 Å². The van der Waals surface area contributed by atoms with Crippen LogP contribution in [0.5, 0.6) is 0 Å². The summed E-state index contributed by atoms with van der Waals surface area (Å²) in [6, 6.07) is 3.84. The van der Waals surface area contributed by atoms with Gasteiger partial charge in [0.05, 0.1) is 12.6 Å². The molecule has 4 rings (SSSR count). The van der Waals surface area contributed by atoms with Crippen molar-refractivity contribution in [3.05, 3.63) is 34.2 Å². The molecule has 3 aliphatic heterocycles. The van der Waals surface area contributed by atoms with Crippen LogP contribution in [-0.4, -0.2) is 51.7 Å². The molecule has 6 heteroatoms. The quantitative estimate of drug-likeness (QED) is 0.764. The molecular formula is C15H19N3O3. The van der Waals surface area contributed by atoms with E-state index < -0.39 is 5.72 Å². The Labute approximate surface area is 122 Å². The molecule has 0 saturated carbocycles. The van der Waals surface area contributed by atoms with E-state index in [1.165, 1.54) is 0 Å². The maximum Gasteiger partial charge on any atom is 0.254 e. The number of rotatable bonds is 2. The highest BCUT2D eigenvalue weighted by Gasteiger charge is 2.61. The Kier molecular flexibility index (Phi) is 2.74. The van der Waals surface area contributed by atoms with Gasteiger partial charge in [-0.15, -0.1) is 0 Å². The summed E-state index contributed by atoms with van der Waals surface area (Å²) >= 11 is 0. The van der Waals surface area contributed by atoms with Crippen molar-refractivity contribution in [2.45, 2.75) is 31.2 Å². The minimum atomic E-state index is -0.420. The van der Waals surface area contributed by atoms with Crippen molar-refractivity contribution in [2.24, 2.45) is 7.05 Å². The lowest BCUT2D eigenvalue weighted by atomic mass is 10.1. The van der Waals surface area contributed by atoms with Gasteiger partial charge in [0, 0.05) is 51.3 Å². The number of hydrogen-bond donors (Lipinski definition) is 0. The summed E-state index contributed by atoms with van der Waals surface area (Å²) in [5, 5.41) is 0. The van der Waals surface area contributed by atoms with Crippen LogP contribution in [0.15, 0.2) is 23.1 Å². The van der Waals surface area contributed by atoms with Gasteiger partial charge in [0.25, 0.3) is 5.56 Å². The standard InChI is InChI=1S/C15H19N3O3/c1-16-5-2-3-11(14(16)20)10-17-6-4-15-12(17)9-13(19)18(15)7-8-21-15/h2-3,5,12H,4,6-10H2,1H3/t12-,15+/m1/s1. The number of likely N-dealkylation sites (tertiary alicyclic amines) is 1. The average Bonchev–Trinajstić information content (AvgIpc) is 3.09. The lowest BCUT2D eigenvalue weighted by molar-refractivity contribution is -0.136. The lowest BCUT2D eigenvalue weighted by Crippen LogP contribution is -2.47. The van der Waals surface area contributed by atoms with E-state index in [-0.39, 0.29) is 17.5 Å². The average molecular weight is 289 g/mol. The maximum atomic E-state index is 12.2. The number of nitrogens with zero attached hydrogens (tertiary/aromatic N) is 3. The van der Waals surface area contributed by atoms with Crippen LogP contribution in [-0.2, 0) is 23.1 Å². The van der Waals surface area contributed by atoms with E-state index in [4.69, 9.17) is 4.74 Å². The van der Waals surface area contributed by atoms with Gasteiger partial charge in [-0.2, -0.15) is 0 Å². The van der Waals surface area contributed by atoms with Crippen LogP contribution in [0.4, 0.5) is 0 Å². The van der Waals surface area contributed by atoms with Gasteiger partial charge >= 0.3 is 0 Å². The second-order valence-electron chi connectivity index (χ2n) is 6.13. The predicted octanol–water partition coefficient (Wildman–Crippen LogP) is -0.0816. The highest BCUT2D eigenvalue weighted by Crippen LogP contribution is 2.45. The molecule has 0 bridgehead atoms. The van der Waals surface area contributed by atoms with Crippen molar-refractivity contribution in [3.8, 4) is 0 Å². The van der Waals surface area contributed by atoms with E-state index in [0.717, 1.165) is 18.5 Å². The number of ether oxygens (including phenoxy) is 1. The van der Waals surface area contributed by atoms with Gasteiger partial charge in [-0.1, -0.05) is 6.07 Å². The molecule has 3 aliphatic rings. The van der Waals surface area contributed by atoms with Gasteiger partial charge < -0.3 is 14.2 Å². The largest absolute Gasteiger partial charge is 0.352 e. The van der Waals surface area contributed by atoms with E-state index in [9.17, 15) is 9.59 Å². The highest BCUT2D eigenvalue weighted by molar-refractivity contribution is 5.81. The highest BCUT2D eigenvalue weighted by atomic mass is 16.5. The Bertz CT molecular complexity index is 656. The van der Waals surface area contributed by atoms with Crippen LogP contribution in [0.2, 0.25) is 0 Å². The second kappa shape index (κ2) is 4.42. The SMILES string of the molecule is Cn1cccc(CN2CC[C@@]34OCCN3C(=O)C[C@@H]24)c1=O. The van der Waals surface area contributed by atoms with Crippen LogP contribution < -0.4 is 5.56 Å². The van der Waals surface area contributed by atoms with E-state index in [1.807, 2.05) is 17.0 Å². The minimum Gasteiger partial charge on any atom is -0.352 e. The van der Waals surface area contributed by atoms with Gasteiger partial charge in [0.15, 0.2) is 5.72 Å². The van der Waals surface area contributed by atoms with Gasteiger partial charge in [0.2, 0.25) is 5.91 Å². The molecule has 4 heterocycles. The Balaban J connectivity index is 1.62. The molecule has 1 spiro atoms. The van der Waals surface area contributed by atoms with E-state index >= 15 is 0 Å². The second-order valence-corrected chi connectivity index (χ2v) is 6.13. The third-order valence-electron chi connectivity index (χ3n) is 5.09. The Morgan fingerprint density at radius 1 is 1.38 bits per heavy atom. The number of hydrogen-bond acceptors (Lipinski definition) is 4. The number of carbonyl (C=O) groups excluding carboxylic acids is 1. The molecule has 2 atom stereocenters. The molecule has 1 aromatic rings. The van der Waals surface area contributed by atoms with E-state index in [1.54, 1.807) is 17.8 Å². The van der Waals surface area contributed by atoms with Crippen molar-refractivity contribution >= 4 is 5.91 Å². The summed E-state index contributed by atoms with van der Waals surface area (Å²) < 4.78 is 7.56. The minimum absolute atomic E-state index is 0.0342. The number of aryl methyl sites for hydroxylation is 1. The number of aromatic nitrogens is 1. The first-order valence-electron chi connectivity index (χ1n) is 7.45. The normalized spacial score (nSPS) is 31.8. The molecule has 112 valence electrons. The van der Waals surface area contributed by atoms with E-state index in [2.05, 4.69) is 4.90 Å². The van der Waals surface area contributed by atoms with Crippen molar-refractivity contribution in [2.75, 3.05) is 19.7 Å². The smallest absolute Gasteiger partial charge is 0.254 e. The molecule has 1 aromatic heterocycles. The van der Waals surface area contributed by atoms with Crippen LogP contribution in [0, 0.1) is 0 Å². The molecule has 3 fully saturated rings. The van der Waals surface area contributed by atoms with Crippen molar-refractivity contribution in [3.63, 3.8) is 0 Å². The third kappa shape index (κ3) is 1.72. The summed E-state index contributed by atoms with van der Waals surface area (Å²) in [4.78, 5) is 28.4. The zero-order valence-corrected chi connectivity index (χ0v) is 12.1. The Morgan fingerprint density at radius 3 is 3.10 bits per heavy atom. The summed E-state index contributed by atoms with van der Waals surface area (Å²) in [7, 11) is 1.76. The van der Waals surface area contributed by atoms with Crippen molar-refractivity contribution in [1.29, 1.82) is 0 Å². The van der Waals surface area contributed by atoms with Crippen LogP contribution in [0.3, 0.4) is 0 Å². The van der Waals surface area contributed by atoms with Crippen molar-refractivity contribution < 1.29 is 9.53 Å². The number of amides is 1. The first kappa shape index (κ1) is 13.0. The third-order valence-corrected chi connectivity index (χ3v) is 5.09. The Morgan fingerprint density at radius 2 is 2.24 bits per heavy atom. The molecule has 0 aromatic carbocycles. The van der Waals surface area contributed by atoms with Crippen LogP contribution in [0.25, 0.3) is 0 Å². The molecule has 6 nitrogen and oxygen atoms in total. The van der Waals surface area contributed by atoms with Gasteiger partial charge in [-0.3, -0.25) is 14.5 Å². The fourth-order valence-electron chi connectivity index (χ4n) is 4.06. The van der Waals surface area contributed by atoms with Gasteiger partial charge in [-0.05, 0) is 6.07 Å². The molecule has 0 unspecified atom stereocenters. The molecule has 3 saturated heterocycles. The monoisotopic (exact) mass is 289 g/mol. The first-order chi connectivity index (χ1) is 10.1. The molecule has 0 aliphatic carbocycles. The molecule has 0 N–H and O–H groups in total. The fraction of sp³-hybridized carbons (Fsp3) is 0.600. The first-order valence-corrected chi connectivity index (χ1v) is 7.45. The topological polar surface area (TPSA) is 54.8 Å². The summed E-state index contributed by atoms with van der Waals surface area (Å²) in [5.74, 6) is 0.183. The maximum absolute atomic E-state index is 12.2. The predicted molar refractivity (Wildman–Crippen MR) is 75.5 cm³/mol. The fourth-order valence-corrected chi connectivity index (χ4v) is 4.06. The molecular weight excluding hydrogens is 270 g/mol. The number of carbonyl (C=O) groups is 1. The molecule has 21 heavy (non-hydrogen) atoms. The Hall–Kier alpha value is -1.66. The summed E-state index contributed by atoms with van der Waals surface area (Å²) in [6.07, 6.45) is 3.11.